The molecule has 23 heavy (non-hydrogen) atoms. The van der Waals surface area contributed by atoms with Crippen molar-refractivity contribution in [3.05, 3.63) is 71.8 Å². The van der Waals surface area contributed by atoms with Gasteiger partial charge in [-0.1, -0.05) is 60.7 Å². The van der Waals surface area contributed by atoms with Crippen LogP contribution >= 0.6 is 11.6 Å². The number of benzene rings is 2. The molecule has 0 aliphatic heterocycles. The lowest BCUT2D eigenvalue weighted by Crippen LogP contribution is -2.41. The number of alkyl halides is 1. The molecule has 0 bridgehead atoms. The van der Waals surface area contributed by atoms with Crippen LogP contribution in [0.1, 0.15) is 22.3 Å². The summed E-state index contributed by atoms with van der Waals surface area (Å²) < 4.78 is 5.05. The first kappa shape index (κ1) is 17.2. The molecule has 2 rings (SSSR count). The summed E-state index contributed by atoms with van der Waals surface area (Å²) in [5.41, 5.74) is -1.23. The van der Waals surface area contributed by atoms with Gasteiger partial charge >= 0.3 is 5.97 Å². The van der Waals surface area contributed by atoms with E-state index < -0.39 is 24.0 Å². The van der Waals surface area contributed by atoms with Crippen molar-refractivity contribution in [3.8, 4) is 0 Å². The van der Waals surface area contributed by atoms with Gasteiger partial charge in [0.2, 0.25) is 5.78 Å². The molecule has 1 atom stereocenters. The Labute approximate surface area is 139 Å². The topological polar surface area (TPSA) is 63.6 Å². The molecule has 0 amide bonds. The highest BCUT2D eigenvalue weighted by Gasteiger charge is 2.39. The van der Waals surface area contributed by atoms with Gasteiger partial charge in [-0.2, -0.15) is 0 Å². The summed E-state index contributed by atoms with van der Waals surface area (Å²) in [5.74, 6) is -0.965. The molecule has 4 nitrogen and oxygen atoms in total. The molecule has 0 saturated heterocycles. The second-order valence-corrected chi connectivity index (χ2v) is 5.40. The number of carbonyl (C=O) groups excluding carboxylic acids is 2. The molecule has 2 aromatic carbocycles. The van der Waals surface area contributed by atoms with Crippen LogP contribution in [0.3, 0.4) is 0 Å². The van der Waals surface area contributed by atoms with E-state index in [-0.39, 0.29) is 12.3 Å². The summed E-state index contributed by atoms with van der Waals surface area (Å²) in [6.45, 7) is -0.458. The molecule has 0 aromatic heterocycles. The number of esters is 1. The summed E-state index contributed by atoms with van der Waals surface area (Å²) >= 11 is 5.49. The number of Topliss-reactive ketones (excluding diaryl/α,β-unsaturated/α-hetero) is 1. The first-order valence-electron chi connectivity index (χ1n) is 7.17. The maximum absolute atomic E-state index is 12.8. The highest BCUT2D eigenvalue weighted by Crippen LogP contribution is 2.26. The van der Waals surface area contributed by atoms with Gasteiger partial charge in [0.15, 0.2) is 5.60 Å². The third-order valence-electron chi connectivity index (χ3n) is 3.40. The fourth-order valence-corrected chi connectivity index (χ4v) is 2.31. The predicted molar refractivity (Wildman–Crippen MR) is 87.4 cm³/mol. The van der Waals surface area contributed by atoms with Crippen LogP contribution in [-0.4, -0.2) is 29.3 Å². The van der Waals surface area contributed by atoms with E-state index in [1.54, 1.807) is 60.7 Å². The fourth-order valence-electron chi connectivity index (χ4n) is 2.16. The number of aliphatic hydroxyl groups is 1. The number of halogens is 1. The molecule has 0 fully saturated rings. The quantitative estimate of drug-likeness (QED) is 0.481. The molecule has 120 valence electrons. The molecule has 2 aromatic rings. The lowest BCUT2D eigenvalue weighted by Gasteiger charge is -2.27. The molecule has 1 unspecified atom stereocenters. The second kappa shape index (κ2) is 7.90. The van der Waals surface area contributed by atoms with Gasteiger partial charge in [-0.15, -0.1) is 11.6 Å². The van der Waals surface area contributed by atoms with Crippen LogP contribution in [0.4, 0.5) is 0 Å². The summed E-state index contributed by atoms with van der Waals surface area (Å²) in [5, 5.41) is 11.0. The molecule has 5 heteroatoms. The van der Waals surface area contributed by atoms with Crippen molar-refractivity contribution in [3.63, 3.8) is 0 Å². The Hall–Kier alpha value is -2.17. The standard InChI is InChI=1S/C18H17ClO4/c19-12-11-16(20)23-13-18(22,15-9-5-2-6-10-15)17(21)14-7-3-1-4-8-14/h1-10,22H,11-13H2. The highest BCUT2D eigenvalue weighted by molar-refractivity contribution is 6.18. The first-order valence-corrected chi connectivity index (χ1v) is 7.70. The molecular formula is C18H17ClO4. The summed E-state index contributed by atoms with van der Waals surface area (Å²) in [7, 11) is 0. The second-order valence-electron chi connectivity index (χ2n) is 5.02. The van der Waals surface area contributed by atoms with Crippen molar-refractivity contribution < 1.29 is 19.4 Å². The van der Waals surface area contributed by atoms with Crippen LogP contribution in [0.2, 0.25) is 0 Å². The molecule has 0 radical (unpaired) electrons. The number of hydrogen-bond donors (Lipinski definition) is 1. The number of rotatable bonds is 7. The van der Waals surface area contributed by atoms with E-state index in [0.29, 0.717) is 11.1 Å². The Balaban J connectivity index is 2.32. The predicted octanol–water partition coefficient (Wildman–Crippen LogP) is 2.93. The molecular weight excluding hydrogens is 316 g/mol. The van der Waals surface area contributed by atoms with E-state index in [1.807, 2.05) is 0 Å². The van der Waals surface area contributed by atoms with Gasteiger partial charge in [-0.05, 0) is 5.56 Å². The molecule has 0 spiro atoms. The van der Waals surface area contributed by atoms with Gasteiger partial charge in [0, 0.05) is 11.4 Å². The monoisotopic (exact) mass is 332 g/mol. The minimum atomic E-state index is -1.94. The first-order chi connectivity index (χ1) is 11.1. The van der Waals surface area contributed by atoms with E-state index in [1.165, 1.54) is 0 Å². The number of ketones is 1. The number of carbonyl (C=O) groups is 2. The SMILES string of the molecule is O=C(CCCl)OCC(O)(C(=O)c1ccccc1)c1ccccc1. The summed E-state index contributed by atoms with van der Waals surface area (Å²) in [6.07, 6.45) is 0.0198. The maximum atomic E-state index is 12.8. The Kier molecular flexibility index (Phi) is 5.90. The Morgan fingerprint density at radius 2 is 1.57 bits per heavy atom. The largest absolute Gasteiger partial charge is 0.462 e. The zero-order valence-electron chi connectivity index (χ0n) is 12.4. The van der Waals surface area contributed by atoms with Gasteiger partial charge in [0.1, 0.15) is 6.61 Å². The van der Waals surface area contributed by atoms with Crippen molar-refractivity contribution >= 4 is 23.4 Å². The Morgan fingerprint density at radius 3 is 2.13 bits per heavy atom. The van der Waals surface area contributed by atoms with E-state index in [2.05, 4.69) is 0 Å². The van der Waals surface area contributed by atoms with Gasteiger partial charge in [-0.25, -0.2) is 0 Å². The average molecular weight is 333 g/mol. The highest BCUT2D eigenvalue weighted by atomic mass is 35.5. The van der Waals surface area contributed by atoms with Crippen LogP contribution in [-0.2, 0) is 15.1 Å². The smallest absolute Gasteiger partial charge is 0.307 e. The minimum absolute atomic E-state index is 0.0198. The van der Waals surface area contributed by atoms with Crippen molar-refractivity contribution in [2.45, 2.75) is 12.0 Å². The molecule has 0 aliphatic carbocycles. The van der Waals surface area contributed by atoms with E-state index in [0.717, 1.165) is 0 Å². The molecule has 1 N–H and O–H groups in total. The van der Waals surface area contributed by atoms with Crippen LogP contribution < -0.4 is 0 Å². The van der Waals surface area contributed by atoms with Crippen LogP contribution in [0.5, 0.6) is 0 Å². The summed E-state index contributed by atoms with van der Waals surface area (Å²) in [6, 6.07) is 16.8. The molecule has 0 saturated carbocycles. The summed E-state index contributed by atoms with van der Waals surface area (Å²) in [4.78, 5) is 24.3. The van der Waals surface area contributed by atoms with Gasteiger partial charge < -0.3 is 9.84 Å². The van der Waals surface area contributed by atoms with Crippen molar-refractivity contribution in [1.82, 2.24) is 0 Å². The Bertz CT molecular complexity index is 657. The minimum Gasteiger partial charge on any atom is -0.462 e. The number of ether oxygens (including phenoxy) is 1. The zero-order valence-corrected chi connectivity index (χ0v) is 13.2. The van der Waals surface area contributed by atoms with Crippen molar-refractivity contribution in [1.29, 1.82) is 0 Å². The average Bonchev–Trinajstić information content (AvgIpc) is 2.61. The van der Waals surface area contributed by atoms with E-state index >= 15 is 0 Å². The van der Waals surface area contributed by atoms with Gasteiger partial charge in [0.05, 0.1) is 6.42 Å². The van der Waals surface area contributed by atoms with Crippen molar-refractivity contribution in [2.75, 3.05) is 12.5 Å². The lowest BCUT2D eigenvalue weighted by atomic mass is 9.86. The third-order valence-corrected chi connectivity index (χ3v) is 3.59. The van der Waals surface area contributed by atoms with Crippen molar-refractivity contribution in [2.24, 2.45) is 0 Å². The zero-order chi connectivity index (χ0) is 16.7. The van der Waals surface area contributed by atoms with Crippen LogP contribution in [0.25, 0.3) is 0 Å². The van der Waals surface area contributed by atoms with Crippen LogP contribution in [0.15, 0.2) is 60.7 Å². The third kappa shape index (κ3) is 4.18. The van der Waals surface area contributed by atoms with E-state index in [9.17, 15) is 14.7 Å². The van der Waals surface area contributed by atoms with Gasteiger partial charge in [0.25, 0.3) is 0 Å². The Morgan fingerprint density at radius 1 is 1.00 bits per heavy atom. The maximum Gasteiger partial charge on any atom is 0.307 e. The van der Waals surface area contributed by atoms with Crippen LogP contribution in [0, 0.1) is 0 Å². The number of hydrogen-bond acceptors (Lipinski definition) is 4. The van der Waals surface area contributed by atoms with E-state index in [4.69, 9.17) is 16.3 Å². The van der Waals surface area contributed by atoms with Gasteiger partial charge in [-0.3, -0.25) is 9.59 Å². The normalized spacial score (nSPS) is 13.1. The molecule has 0 heterocycles. The molecule has 0 aliphatic rings. The fraction of sp³-hybridized carbons (Fsp3) is 0.222. The lowest BCUT2D eigenvalue weighted by molar-refractivity contribution is -0.149.